The molecule has 1 fully saturated rings. The Hall–Kier alpha value is -0.870. The van der Waals surface area contributed by atoms with Crippen LogP contribution < -0.4 is 0 Å². The molecule has 0 spiro atoms. The molecule has 4 nitrogen and oxygen atoms in total. The SMILES string of the molecule is CC(O)Cc1coc(CC2CCCCN2C(C)C)n1. The van der Waals surface area contributed by atoms with Crippen molar-refractivity contribution in [1.29, 1.82) is 0 Å². The molecule has 1 N–H and O–H groups in total. The van der Waals surface area contributed by atoms with Crippen molar-refractivity contribution in [2.75, 3.05) is 6.54 Å². The number of hydrogen-bond donors (Lipinski definition) is 1. The van der Waals surface area contributed by atoms with Crippen LogP contribution >= 0.6 is 0 Å². The van der Waals surface area contributed by atoms with Crippen LogP contribution in [0.1, 0.15) is 51.6 Å². The highest BCUT2D eigenvalue weighted by molar-refractivity contribution is 5.00. The molecule has 2 rings (SSSR count). The van der Waals surface area contributed by atoms with Gasteiger partial charge in [-0.05, 0) is 40.2 Å². The number of aliphatic hydroxyl groups excluding tert-OH is 1. The predicted octanol–water partition coefficient (Wildman–Crippen LogP) is 2.40. The molecule has 4 heteroatoms. The van der Waals surface area contributed by atoms with Gasteiger partial charge in [0.25, 0.3) is 0 Å². The lowest BCUT2D eigenvalue weighted by Gasteiger charge is -2.38. The molecule has 1 aliphatic rings. The second-order valence-corrected chi connectivity index (χ2v) is 5.97. The molecular weight excluding hydrogens is 240 g/mol. The number of aliphatic hydroxyl groups is 1. The fourth-order valence-electron chi connectivity index (χ4n) is 2.96. The van der Waals surface area contributed by atoms with E-state index < -0.39 is 0 Å². The van der Waals surface area contributed by atoms with Gasteiger partial charge in [0, 0.05) is 24.9 Å². The maximum Gasteiger partial charge on any atom is 0.195 e. The monoisotopic (exact) mass is 266 g/mol. The first-order valence-corrected chi connectivity index (χ1v) is 7.43. The summed E-state index contributed by atoms with van der Waals surface area (Å²) in [5, 5.41) is 9.36. The fourth-order valence-corrected chi connectivity index (χ4v) is 2.96. The maximum absolute atomic E-state index is 9.36. The zero-order chi connectivity index (χ0) is 13.8. The van der Waals surface area contributed by atoms with E-state index in [4.69, 9.17) is 4.42 Å². The lowest BCUT2D eigenvalue weighted by atomic mass is 9.98. The zero-order valence-electron chi connectivity index (χ0n) is 12.3. The summed E-state index contributed by atoms with van der Waals surface area (Å²) < 4.78 is 5.55. The largest absolute Gasteiger partial charge is 0.449 e. The average Bonchev–Trinajstić information content (AvgIpc) is 2.76. The van der Waals surface area contributed by atoms with Crippen molar-refractivity contribution in [2.24, 2.45) is 0 Å². The molecule has 0 aliphatic carbocycles. The van der Waals surface area contributed by atoms with Crippen molar-refractivity contribution in [1.82, 2.24) is 9.88 Å². The van der Waals surface area contributed by atoms with E-state index >= 15 is 0 Å². The topological polar surface area (TPSA) is 49.5 Å². The quantitative estimate of drug-likeness (QED) is 0.889. The van der Waals surface area contributed by atoms with Crippen molar-refractivity contribution >= 4 is 0 Å². The van der Waals surface area contributed by atoms with Crippen molar-refractivity contribution in [3.05, 3.63) is 17.8 Å². The third kappa shape index (κ3) is 4.05. The van der Waals surface area contributed by atoms with Gasteiger partial charge in [-0.15, -0.1) is 0 Å². The van der Waals surface area contributed by atoms with Crippen LogP contribution in [0, 0.1) is 0 Å². The lowest BCUT2D eigenvalue weighted by Crippen LogP contribution is -2.45. The van der Waals surface area contributed by atoms with Crippen LogP contribution in [0.4, 0.5) is 0 Å². The summed E-state index contributed by atoms with van der Waals surface area (Å²) in [5.74, 6) is 0.813. The molecule has 0 bridgehead atoms. The molecule has 1 saturated heterocycles. The van der Waals surface area contributed by atoms with Gasteiger partial charge in [-0.1, -0.05) is 6.42 Å². The summed E-state index contributed by atoms with van der Waals surface area (Å²) in [4.78, 5) is 7.04. The van der Waals surface area contributed by atoms with E-state index in [2.05, 4.69) is 23.7 Å². The molecule has 1 aromatic heterocycles. The minimum atomic E-state index is -0.361. The fraction of sp³-hybridized carbons (Fsp3) is 0.800. The van der Waals surface area contributed by atoms with Crippen molar-refractivity contribution in [3.8, 4) is 0 Å². The zero-order valence-corrected chi connectivity index (χ0v) is 12.3. The Morgan fingerprint density at radius 1 is 1.42 bits per heavy atom. The number of hydrogen-bond acceptors (Lipinski definition) is 4. The highest BCUT2D eigenvalue weighted by Gasteiger charge is 2.26. The first-order valence-electron chi connectivity index (χ1n) is 7.43. The number of nitrogens with zero attached hydrogens (tertiary/aromatic N) is 2. The van der Waals surface area contributed by atoms with Gasteiger partial charge in [-0.3, -0.25) is 4.90 Å². The average molecular weight is 266 g/mol. The van der Waals surface area contributed by atoms with E-state index in [0.29, 0.717) is 18.5 Å². The van der Waals surface area contributed by atoms with Crippen LogP contribution in [-0.2, 0) is 12.8 Å². The Balaban J connectivity index is 1.96. The Bertz CT molecular complexity index is 387. The van der Waals surface area contributed by atoms with Gasteiger partial charge in [0.1, 0.15) is 6.26 Å². The van der Waals surface area contributed by atoms with Crippen molar-refractivity contribution < 1.29 is 9.52 Å². The molecule has 108 valence electrons. The van der Waals surface area contributed by atoms with Gasteiger partial charge in [0.15, 0.2) is 5.89 Å². The Morgan fingerprint density at radius 3 is 2.89 bits per heavy atom. The molecule has 1 aliphatic heterocycles. The molecular formula is C15H26N2O2. The summed E-state index contributed by atoms with van der Waals surface area (Å²) in [6.07, 6.45) is 6.61. The van der Waals surface area contributed by atoms with Crippen LogP contribution in [0.3, 0.4) is 0 Å². The molecule has 1 aromatic rings. The second kappa shape index (κ2) is 6.53. The van der Waals surface area contributed by atoms with Crippen molar-refractivity contribution in [2.45, 2.75) is 71.1 Å². The van der Waals surface area contributed by atoms with Crippen molar-refractivity contribution in [3.63, 3.8) is 0 Å². The van der Waals surface area contributed by atoms with Crippen LogP contribution in [0.25, 0.3) is 0 Å². The van der Waals surface area contributed by atoms with Crippen LogP contribution in [0.5, 0.6) is 0 Å². The third-order valence-corrected chi connectivity index (χ3v) is 3.85. The molecule has 0 amide bonds. The van der Waals surface area contributed by atoms with Gasteiger partial charge in [0.05, 0.1) is 11.8 Å². The maximum atomic E-state index is 9.36. The summed E-state index contributed by atoms with van der Waals surface area (Å²) in [6, 6.07) is 1.13. The highest BCUT2D eigenvalue weighted by atomic mass is 16.3. The molecule has 0 radical (unpaired) electrons. The summed E-state index contributed by atoms with van der Waals surface area (Å²) in [6.45, 7) is 7.47. The van der Waals surface area contributed by atoms with Crippen LogP contribution in [-0.4, -0.2) is 39.7 Å². The van der Waals surface area contributed by atoms with Gasteiger partial charge < -0.3 is 9.52 Å². The van der Waals surface area contributed by atoms with Crippen LogP contribution in [0.2, 0.25) is 0 Å². The summed E-state index contributed by atoms with van der Waals surface area (Å²) in [7, 11) is 0. The summed E-state index contributed by atoms with van der Waals surface area (Å²) >= 11 is 0. The smallest absolute Gasteiger partial charge is 0.195 e. The van der Waals surface area contributed by atoms with Gasteiger partial charge in [0.2, 0.25) is 0 Å². The first-order chi connectivity index (χ1) is 9.06. The van der Waals surface area contributed by atoms with Gasteiger partial charge in [-0.2, -0.15) is 0 Å². The second-order valence-electron chi connectivity index (χ2n) is 5.97. The minimum Gasteiger partial charge on any atom is -0.449 e. The number of oxazole rings is 1. The predicted molar refractivity (Wildman–Crippen MR) is 75.1 cm³/mol. The van der Waals surface area contributed by atoms with E-state index in [1.807, 2.05) is 0 Å². The van der Waals surface area contributed by atoms with E-state index in [1.165, 1.54) is 25.8 Å². The normalized spacial score (nSPS) is 22.9. The number of piperidine rings is 1. The van der Waals surface area contributed by atoms with E-state index in [9.17, 15) is 5.11 Å². The van der Waals surface area contributed by atoms with Gasteiger partial charge >= 0.3 is 0 Å². The molecule has 0 aromatic carbocycles. The molecule has 2 heterocycles. The Morgan fingerprint density at radius 2 is 2.21 bits per heavy atom. The Kier molecular flexibility index (Phi) is 4.99. The lowest BCUT2D eigenvalue weighted by molar-refractivity contribution is 0.107. The minimum absolute atomic E-state index is 0.361. The number of likely N-dealkylation sites (tertiary alicyclic amines) is 1. The third-order valence-electron chi connectivity index (χ3n) is 3.85. The highest BCUT2D eigenvalue weighted by Crippen LogP contribution is 2.22. The summed E-state index contributed by atoms with van der Waals surface area (Å²) in [5.41, 5.74) is 0.858. The molecule has 0 saturated carbocycles. The standard InChI is InChI=1S/C15H26N2O2/c1-11(2)17-7-5-4-6-14(17)9-15-16-13(10-19-15)8-12(3)18/h10-12,14,18H,4-9H2,1-3H3. The van der Waals surface area contributed by atoms with E-state index in [0.717, 1.165) is 18.0 Å². The molecule has 2 atom stereocenters. The molecule has 19 heavy (non-hydrogen) atoms. The van der Waals surface area contributed by atoms with Crippen LogP contribution in [0.15, 0.2) is 10.7 Å². The first kappa shape index (κ1) is 14.5. The number of rotatable bonds is 5. The van der Waals surface area contributed by atoms with E-state index in [1.54, 1.807) is 13.2 Å². The van der Waals surface area contributed by atoms with E-state index in [-0.39, 0.29) is 6.10 Å². The number of aromatic nitrogens is 1. The molecule has 2 unspecified atom stereocenters. The van der Waals surface area contributed by atoms with Gasteiger partial charge in [-0.25, -0.2) is 4.98 Å². The Labute approximate surface area is 115 Å².